The van der Waals surface area contributed by atoms with Crippen LogP contribution in [0.5, 0.6) is 0 Å². The van der Waals surface area contributed by atoms with Crippen LogP contribution in [0.2, 0.25) is 5.02 Å². The van der Waals surface area contributed by atoms with Gasteiger partial charge in [-0.2, -0.15) is 10.4 Å². The zero-order chi connectivity index (χ0) is 18.3. The summed E-state index contributed by atoms with van der Waals surface area (Å²) >= 11 is 6.20. The lowest BCUT2D eigenvalue weighted by atomic mass is 10.0. The van der Waals surface area contributed by atoms with E-state index in [4.69, 9.17) is 11.6 Å². The van der Waals surface area contributed by atoms with E-state index in [2.05, 4.69) is 33.1 Å². The van der Waals surface area contributed by atoms with E-state index in [1.165, 1.54) is 11.3 Å². The van der Waals surface area contributed by atoms with Gasteiger partial charge in [-0.1, -0.05) is 25.4 Å². The van der Waals surface area contributed by atoms with Crippen molar-refractivity contribution in [3.8, 4) is 6.07 Å². The molecule has 1 aromatic carbocycles. The number of H-pyrrole nitrogens is 1. The molecule has 0 fully saturated rings. The van der Waals surface area contributed by atoms with Crippen molar-refractivity contribution < 1.29 is 0 Å². The summed E-state index contributed by atoms with van der Waals surface area (Å²) in [7, 11) is 0. The minimum atomic E-state index is 0.667. The van der Waals surface area contributed by atoms with Gasteiger partial charge in [0.25, 0.3) is 0 Å². The van der Waals surface area contributed by atoms with E-state index in [-0.39, 0.29) is 0 Å². The summed E-state index contributed by atoms with van der Waals surface area (Å²) < 4.78 is 0. The van der Waals surface area contributed by atoms with E-state index in [1.807, 2.05) is 25.1 Å². The van der Waals surface area contributed by atoms with Gasteiger partial charge in [-0.05, 0) is 36.6 Å². The zero-order valence-electron chi connectivity index (χ0n) is 14.9. The molecule has 0 spiro atoms. The Labute approximate surface area is 157 Å². The van der Waals surface area contributed by atoms with Gasteiger partial charge in [0.1, 0.15) is 11.6 Å². The highest BCUT2D eigenvalue weighted by atomic mass is 35.5. The minimum absolute atomic E-state index is 0.667. The number of aromatic amines is 1. The number of anilines is 1. The fourth-order valence-electron chi connectivity index (χ4n) is 3.87. The third-order valence-corrected chi connectivity index (χ3v) is 5.41. The second-order valence-corrected chi connectivity index (χ2v) is 7.02. The molecule has 3 aromatic rings. The SMILES string of the molecule is CCc1nnc(N2CCc3[nH]c4ccc(Cl)cc4c3C2)c(C#N)c1CC. The summed E-state index contributed by atoms with van der Waals surface area (Å²) in [5.74, 6) is 0.698. The van der Waals surface area contributed by atoms with Crippen LogP contribution in [0.1, 0.15) is 41.9 Å². The van der Waals surface area contributed by atoms with Crippen LogP contribution in [-0.4, -0.2) is 21.7 Å². The lowest BCUT2D eigenvalue weighted by molar-refractivity contribution is 0.701. The molecule has 0 unspecified atom stereocenters. The summed E-state index contributed by atoms with van der Waals surface area (Å²) in [5, 5.41) is 20.5. The molecule has 0 aliphatic carbocycles. The third-order valence-electron chi connectivity index (χ3n) is 5.18. The zero-order valence-corrected chi connectivity index (χ0v) is 15.7. The molecule has 0 bridgehead atoms. The highest BCUT2D eigenvalue weighted by molar-refractivity contribution is 6.31. The van der Waals surface area contributed by atoms with Gasteiger partial charge in [-0.3, -0.25) is 0 Å². The number of nitrogens with one attached hydrogen (secondary N) is 1. The Hall–Kier alpha value is -2.58. The number of rotatable bonds is 3. The molecule has 132 valence electrons. The van der Waals surface area contributed by atoms with Crippen LogP contribution in [-0.2, 0) is 25.8 Å². The first-order valence-corrected chi connectivity index (χ1v) is 9.36. The molecular weight excluding hydrogens is 346 g/mol. The van der Waals surface area contributed by atoms with Crippen molar-refractivity contribution in [2.75, 3.05) is 11.4 Å². The number of fused-ring (bicyclic) bond motifs is 3. The number of nitriles is 1. The first-order valence-electron chi connectivity index (χ1n) is 8.98. The van der Waals surface area contributed by atoms with Crippen LogP contribution in [0.3, 0.4) is 0 Å². The average molecular weight is 366 g/mol. The maximum atomic E-state index is 9.78. The smallest absolute Gasteiger partial charge is 0.169 e. The first kappa shape index (κ1) is 16.9. The van der Waals surface area contributed by atoms with Crippen LogP contribution in [0.4, 0.5) is 5.82 Å². The molecule has 1 N–H and O–H groups in total. The number of halogens is 1. The third kappa shape index (κ3) is 2.62. The summed E-state index contributed by atoms with van der Waals surface area (Å²) in [5.41, 5.74) is 6.18. The van der Waals surface area contributed by atoms with E-state index in [0.717, 1.165) is 53.0 Å². The summed E-state index contributed by atoms with van der Waals surface area (Å²) in [4.78, 5) is 5.67. The van der Waals surface area contributed by atoms with Crippen molar-refractivity contribution in [2.45, 2.75) is 39.7 Å². The molecule has 3 heterocycles. The number of aromatic nitrogens is 3. The fraction of sp³-hybridized carbons (Fsp3) is 0.350. The topological polar surface area (TPSA) is 68.6 Å². The minimum Gasteiger partial charge on any atom is -0.358 e. The van der Waals surface area contributed by atoms with Crippen molar-refractivity contribution in [2.24, 2.45) is 0 Å². The number of benzene rings is 1. The molecule has 5 nitrogen and oxygen atoms in total. The van der Waals surface area contributed by atoms with E-state index >= 15 is 0 Å². The lowest BCUT2D eigenvalue weighted by Crippen LogP contribution is -2.32. The van der Waals surface area contributed by atoms with Crippen molar-refractivity contribution in [1.82, 2.24) is 15.2 Å². The van der Waals surface area contributed by atoms with Gasteiger partial charge in [0.2, 0.25) is 0 Å². The van der Waals surface area contributed by atoms with Crippen LogP contribution in [0.15, 0.2) is 18.2 Å². The highest BCUT2D eigenvalue weighted by Crippen LogP contribution is 2.33. The van der Waals surface area contributed by atoms with Gasteiger partial charge in [-0.25, -0.2) is 0 Å². The number of nitrogens with zero attached hydrogens (tertiary/aromatic N) is 4. The Morgan fingerprint density at radius 2 is 2.12 bits per heavy atom. The molecule has 0 radical (unpaired) electrons. The molecular formula is C20H20ClN5. The van der Waals surface area contributed by atoms with Gasteiger partial charge in [0.05, 0.1) is 5.69 Å². The van der Waals surface area contributed by atoms with E-state index < -0.39 is 0 Å². The van der Waals surface area contributed by atoms with Gasteiger partial charge in [0, 0.05) is 46.7 Å². The van der Waals surface area contributed by atoms with Crippen molar-refractivity contribution in [3.63, 3.8) is 0 Å². The Bertz CT molecular complexity index is 1030. The van der Waals surface area contributed by atoms with E-state index in [0.29, 0.717) is 17.9 Å². The Kier molecular flexibility index (Phi) is 4.29. The Morgan fingerprint density at radius 3 is 2.85 bits per heavy atom. The average Bonchev–Trinajstić information content (AvgIpc) is 3.03. The number of hydrogen-bond acceptors (Lipinski definition) is 4. The highest BCUT2D eigenvalue weighted by Gasteiger charge is 2.25. The molecule has 4 rings (SSSR count). The quantitative estimate of drug-likeness (QED) is 0.756. The molecule has 0 saturated heterocycles. The van der Waals surface area contributed by atoms with Crippen molar-refractivity contribution >= 4 is 28.3 Å². The monoisotopic (exact) mass is 365 g/mol. The molecule has 1 aliphatic rings. The second-order valence-electron chi connectivity index (χ2n) is 6.59. The Balaban J connectivity index is 1.79. The fourth-order valence-corrected chi connectivity index (χ4v) is 4.04. The normalized spacial score (nSPS) is 13.7. The molecule has 26 heavy (non-hydrogen) atoms. The van der Waals surface area contributed by atoms with Gasteiger partial charge >= 0.3 is 0 Å². The molecule has 6 heteroatoms. The summed E-state index contributed by atoms with van der Waals surface area (Å²) in [6, 6.07) is 8.30. The number of aryl methyl sites for hydroxylation is 1. The molecule has 2 aromatic heterocycles. The standard InChI is InChI=1S/C20H20ClN5/c1-3-13-15(10-22)20(25-24-17(13)4-2)26-8-7-19-16(11-26)14-9-12(21)5-6-18(14)23-19/h5-6,9,23H,3-4,7-8,11H2,1-2H3. The summed E-state index contributed by atoms with van der Waals surface area (Å²) in [6.45, 7) is 5.63. The van der Waals surface area contributed by atoms with Crippen LogP contribution in [0.25, 0.3) is 10.9 Å². The number of hydrogen-bond donors (Lipinski definition) is 1. The van der Waals surface area contributed by atoms with Crippen molar-refractivity contribution in [3.05, 3.63) is 51.3 Å². The predicted octanol–water partition coefficient (Wildman–Crippen LogP) is 4.17. The first-order chi connectivity index (χ1) is 12.7. The molecule has 1 aliphatic heterocycles. The molecule has 0 saturated carbocycles. The van der Waals surface area contributed by atoms with Crippen LogP contribution < -0.4 is 4.90 Å². The maximum Gasteiger partial charge on any atom is 0.169 e. The van der Waals surface area contributed by atoms with Crippen LogP contribution >= 0.6 is 11.6 Å². The second kappa shape index (κ2) is 6.62. The lowest BCUT2D eigenvalue weighted by Gasteiger charge is -2.29. The molecule has 0 atom stereocenters. The maximum absolute atomic E-state index is 9.78. The predicted molar refractivity (Wildman–Crippen MR) is 104 cm³/mol. The van der Waals surface area contributed by atoms with E-state index in [1.54, 1.807) is 0 Å². The van der Waals surface area contributed by atoms with Crippen LogP contribution in [0, 0.1) is 11.3 Å². The molecule has 0 amide bonds. The van der Waals surface area contributed by atoms with Crippen molar-refractivity contribution in [1.29, 1.82) is 5.26 Å². The van der Waals surface area contributed by atoms with E-state index in [9.17, 15) is 5.26 Å². The Morgan fingerprint density at radius 1 is 1.27 bits per heavy atom. The van der Waals surface area contributed by atoms with Gasteiger partial charge in [0.15, 0.2) is 5.82 Å². The largest absolute Gasteiger partial charge is 0.358 e. The van der Waals surface area contributed by atoms with Gasteiger partial charge < -0.3 is 9.88 Å². The van der Waals surface area contributed by atoms with Gasteiger partial charge in [-0.15, -0.1) is 5.10 Å². The summed E-state index contributed by atoms with van der Waals surface area (Å²) in [6.07, 6.45) is 2.46.